The largest absolute Gasteiger partial charge is 0.338 e. The minimum Gasteiger partial charge on any atom is -0.338 e. The topological polar surface area (TPSA) is 86.3 Å². The lowest BCUT2D eigenvalue weighted by Crippen LogP contribution is -2.47. The average molecular weight is 434 g/mol. The normalized spacial score (nSPS) is 14.6. The van der Waals surface area contributed by atoms with E-state index in [2.05, 4.69) is 21.1 Å². The summed E-state index contributed by atoms with van der Waals surface area (Å²) < 4.78 is 5.38. The number of carbonyl (C=O) groups is 1. The van der Waals surface area contributed by atoms with E-state index >= 15 is 0 Å². The molecule has 1 aliphatic heterocycles. The van der Waals surface area contributed by atoms with Crippen molar-refractivity contribution in [2.24, 2.45) is 0 Å². The zero-order valence-corrected chi connectivity index (χ0v) is 17.5. The number of hydrogen-bond acceptors (Lipinski definition) is 6. The van der Waals surface area contributed by atoms with Gasteiger partial charge in [0.05, 0.1) is 18.2 Å². The van der Waals surface area contributed by atoms with Crippen LogP contribution in [0.4, 0.5) is 0 Å². The molecule has 0 spiro atoms. The number of amides is 1. The summed E-state index contributed by atoms with van der Waals surface area (Å²) in [5.41, 5.74) is 2.14. The Morgan fingerprint density at radius 3 is 2.61 bits per heavy atom. The SMILES string of the molecule is N#Cc1ccccc1C=CC(=O)N1CCN(Cc2nc(-c3ccc(Cl)cc3)no2)CC1. The molecule has 0 unspecified atom stereocenters. The first kappa shape index (κ1) is 20.8. The van der Waals surface area contributed by atoms with E-state index in [-0.39, 0.29) is 5.91 Å². The monoisotopic (exact) mass is 433 g/mol. The van der Waals surface area contributed by atoms with E-state index in [0.717, 1.165) is 11.1 Å². The summed E-state index contributed by atoms with van der Waals surface area (Å²) >= 11 is 5.92. The summed E-state index contributed by atoms with van der Waals surface area (Å²) in [6.07, 6.45) is 3.23. The third kappa shape index (κ3) is 5.18. The van der Waals surface area contributed by atoms with Crippen LogP contribution in [0.15, 0.2) is 59.1 Å². The predicted octanol–water partition coefficient (Wildman–Crippen LogP) is 3.62. The number of nitriles is 1. The van der Waals surface area contributed by atoms with Crippen molar-refractivity contribution in [3.05, 3.63) is 76.6 Å². The standard InChI is InChI=1S/C23H20ClN5O2/c24-20-8-5-18(6-9-20)23-26-21(31-27-23)16-28-11-13-29(14-12-28)22(30)10-7-17-3-1-2-4-19(17)15-25/h1-10H,11-14,16H2. The Balaban J connectivity index is 1.30. The Morgan fingerprint density at radius 2 is 1.87 bits per heavy atom. The quantitative estimate of drug-likeness (QED) is 0.571. The molecule has 8 heteroatoms. The van der Waals surface area contributed by atoms with Gasteiger partial charge in [0.15, 0.2) is 0 Å². The van der Waals surface area contributed by atoms with E-state index in [1.807, 2.05) is 24.3 Å². The second-order valence-corrected chi connectivity index (χ2v) is 7.59. The third-order valence-corrected chi connectivity index (χ3v) is 5.35. The molecule has 0 saturated carbocycles. The van der Waals surface area contributed by atoms with Crippen LogP contribution in [-0.4, -0.2) is 52.0 Å². The van der Waals surface area contributed by atoms with Gasteiger partial charge in [0, 0.05) is 42.8 Å². The molecule has 0 bridgehead atoms. The number of aromatic nitrogens is 2. The maximum Gasteiger partial charge on any atom is 0.246 e. The second-order valence-electron chi connectivity index (χ2n) is 7.15. The predicted molar refractivity (Wildman–Crippen MR) is 117 cm³/mol. The van der Waals surface area contributed by atoms with Gasteiger partial charge >= 0.3 is 0 Å². The van der Waals surface area contributed by atoms with Gasteiger partial charge in [-0.2, -0.15) is 10.2 Å². The van der Waals surface area contributed by atoms with Crippen molar-refractivity contribution in [2.45, 2.75) is 6.54 Å². The molecule has 1 aromatic heterocycles. The molecule has 0 atom stereocenters. The highest BCUT2D eigenvalue weighted by molar-refractivity contribution is 6.30. The molecule has 7 nitrogen and oxygen atoms in total. The van der Waals surface area contributed by atoms with Gasteiger partial charge in [0.25, 0.3) is 0 Å². The zero-order chi connectivity index (χ0) is 21.6. The Bertz CT molecular complexity index is 1130. The molecular weight excluding hydrogens is 414 g/mol. The van der Waals surface area contributed by atoms with Crippen LogP contribution in [0, 0.1) is 11.3 Å². The highest BCUT2D eigenvalue weighted by Gasteiger charge is 2.21. The van der Waals surface area contributed by atoms with Crippen LogP contribution in [0.1, 0.15) is 17.0 Å². The van der Waals surface area contributed by atoms with Gasteiger partial charge in [0.2, 0.25) is 17.6 Å². The van der Waals surface area contributed by atoms with Crippen molar-refractivity contribution in [1.82, 2.24) is 19.9 Å². The molecule has 156 valence electrons. The fourth-order valence-electron chi connectivity index (χ4n) is 3.36. The molecule has 3 aromatic rings. The molecule has 31 heavy (non-hydrogen) atoms. The van der Waals surface area contributed by atoms with E-state index in [1.165, 1.54) is 6.08 Å². The van der Waals surface area contributed by atoms with Gasteiger partial charge in [-0.3, -0.25) is 9.69 Å². The maximum atomic E-state index is 12.5. The lowest BCUT2D eigenvalue weighted by atomic mass is 10.1. The zero-order valence-electron chi connectivity index (χ0n) is 16.7. The number of piperazine rings is 1. The Hall–Kier alpha value is -3.47. The lowest BCUT2D eigenvalue weighted by molar-refractivity contribution is -0.127. The Labute approximate surface area is 185 Å². The average Bonchev–Trinajstić information content (AvgIpc) is 3.27. The number of rotatable bonds is 5. The van der Waals surface area contributed by atoms with Crippen molar-refractivity contribution in [3.63, 3.8) is 0 Å². The molecule has 0 radical (unpaired) electrons. The van der Waals surface area contributed by atoms with Crippen molar-refractivity contribution >= 4 is 23.6 Å². The fourth-order valence-corrected chi connectivity index (χ4v) is 3.49. The summed E-state index contributed by atoms with van der Waals surface area (Å²) in [5, 5.41) is 13.8. The first-order valence-electron chi connectivity index (χ1n) is 9.89. The minimum atomic E-state index is -0.0600. The molecule has 1 fully saturated rings. The number of benzene rings is 2. The van der Waals surface area contributed by atoms with Crippen molar-refractivity contribution < 1.29 is 9.32 Å². The van der Waals surface area contributed by atoms with Crippen LogP contribution in [0.3, 0.4) is 0 Å². The van der Waals surface area contributed by atoms with Crippen LogP contribution in [0.5, 0.6) is 0 Å². The van der Waals surface area contributed by atoms with Gasteiger partial charge in [0.1, 0.15) is 0 Å². The van der Waals surface area contributed by atoms with Crippen LogP contribution in [0.2, 0.25) is 5.02 Å². The molecule has 0 aliphatic carbocycles. The number of carbonyl (C=O) groups excluding carboxylic acids is 1. The van der Waals surface area contributed by atoms with E-state index in [9.17, 15) is 4.79 Å². The number of hydrogen-bond donors (Lipinski definition) is 0. The lowest BCUT2D eigenvalue weighted by Gasteiger charge is -2.33. The van der Waals surface area contributed by atoms with Crippen molar-refractivity contribution in [1.29, 1.82) is 5.26 Å². The smallest absolute Gasteiger partial charge is 0.246 e. The van der Waals surface area contributed by atoms with E-state index in [1.54, 1.807) is 35.2 Å². The van der Waals surface area contributed by atoms with Gasteiger partial charge in [-0.15, -0.1) is 0 Å². The first-order valence-corrected chi connectivity index (χ1v) is 10.3. The molecule has 0 N–H and O–H groups in total. The van der Waals surface area contributed by atoms with Crippen LogP contribution in [-0.2, 0) is 11.3 Å². The van der Waals surface area contributed by atoms with E-state index in [0.29, 0.717) is 55.0 Å². The van der Waals surface area contributed by atoms with Crippen LogP contribution in [0.25, 0.3) is 17.5 Å². The number of nitrogens with zero attached hydrogens (tertiary/aromatic N) is 5. The summed E-state index contributed by atoms with van der Waals surface area (Å²) in [5.74, 6) is 1.01. The molecule has 4 rings (SSSR count). The third-order valence-electron chi connectivity index (χ3n) is 5.10. The Kier molecular flexibility index (Phi) is 6.41. The van der Waals surface area contributed by atoms with Gasteiger partial charge < -0.3 is 9.42 Å². The van der Waals surface area contributed by atoms with Crippen molar-refractivity contribution in [2.75, 3.05) is 26.2 Å². The van der Waals surface area contributed by atoms with Crippen LogP contribution < -0.4 is 0 Å². The van der Waals surface area contributed by atoms with Crippen LogP contribution >= 0.6 is 11.6 Å². The molecule has 2 heterocycles. The molecular formula is C23H20ClN5O2. The molecule has 1 aliphatic rings. The first-order chi connectivity index (χ1) is 15.1. The highest BCUT2D eigenvalue weighted by Crippen LogP contribution is 2.19. The van der Waals surface area contributed by atoms with Gasteiger partial charge in [-0.25, -0.2) is 0 Å². The summed E-state index contributed by atoms with van der Waals surface area (Å²) in [6.45, 7) is 3.19. The van der Waals surface area contributed by atoms with Crippen molar-refractivity contribution in [3.8, 4) is 17.5 Å². The minimum absolute atomic E-state index is 0.0600. The summed E-state index contributed by atoms with van der Waals surface area (Å²) in [4.78, 5) is 20.9. The van der Waals surface area contributed by atoms with E-state index in [4.69, 9.17) is 21.4 Å². The number of halogens is 1. The molecule has 1 amide bonds. The van der Waals surface area contributed by atoms with E-state index < -0.39 is 0 Å². The summed E-state index contributed by atoms with van der Waals surface area (Å²) in [6, 6.07) is 16.6. The fraction of sp³-hybridized carbons (Fsp3) is 0.217. The molecule has 2 aromatic carbocycles. The van der Waals surface area contributed by atoms with Gasteiger partial charge in [-0.1, -0.05) is 35.0 Å². The maximum absolute atomic E-state index is 12.5. The highest BCUT2D eigenvalue weighted by atomic mass is 35.5. The van der Waals surface area contributed by atoms with Gasteiger partial charge in [-0.05, 0) is 42.0 Å². The summed E-state index contributed by atoms with van der Waals surface area (Å²) in [7, 11) is 0. The molecule has 1 saturated heterocycles. The Morgan fingerprint density at radius 1 is 1.13 bits per heavy atom. The second kappa shape index (κ2) is 9.56.